The molecule has 0 radical (unpaired) electrons. The summed E-state index contributed by atoms with van der Waals surface area (Å²) in [5, 5.41) is 14.8. The van der Waals surface area contributed by atoms with E-state index in [1.54, 1.807) is 0 Å². The summed E-state index contributed by atoms with van der Waals surface area (Å²) in [5.41, 5.74) is 5.17. The molecule has 1 aliphatic carbocycles. The molecule has 0 saturated heterocycles. The van der Waals surface area contributed by atoms with Crippen LogP contribution < -0.4 is 5.73 Å². The summed E-state index contributed by atoms with van der Waals surface area (Å²) in [6.07, 6.45) is -3.51. The van der Waals surface area contributed by atoms with E-state index in [-0.39, 0.29) is 18.8 Å². The SMILES string of the molecule is NC[C@H]1C[C@H](C(F)(F)F)C1.O=C(O)C(=O)O. The highest BCUT2D eigenvalue weighted by molar-refractivity contribution is 6.27. The van der Waals surface area contributed by atoms with Crippen molar-refractivity contribution in [2.45, 2.75) is 19.0 Å². The number of aliphatic carboxylic acids is 2. The van der Waals surface area contributed by atoms with Crippen LogP contribution >= 0.6 is 0 Å². The lowest BCUT2D eigenvalue weighted by Crippen LogP contribution is -2.38. The third-order valence-corrected chi connectivity index (χ3v) is 2.21. The lowest BCUT2D eigenvalue weighted by atomic mass is 9.74. The highest BCUT2D eigenvalue weighted by Gasteiger charge is 2.47. The lowest BCUT2D eigenvalue weighted by molar-refractivity contribution is -0.203. The van der Waals surface area contributed by atoms with Crippen LogP contribution in [-0.4, -0.2) is 34.9 Å². The van der Waals surface area contributed by atoms with Crippen LogP contribution in [0.15, 0.2) is 0 Å². The molecule has 4 N–H and O–H groups in total. The number of halogens is 3. The maximum absolute atomic E-state index is 11.8. The topological polar surface area (TPSA) is 101 Å². The molecular weight excluding hydrogens is 231 g/mol. The summed E-state index contributed by atoms with van der Waals surface area (Å²) >= 11 is 0. The largest absolute Gasteiger partial charge is 0.473 e. The van der Waals surface area contributed by atoms with Gasteiger partial charge in [0.2, 0.25) is 0 Å². The van der Waals surface area contributed by atoms with E-state index in [9.17, 15) is 13.2 Å². The zero-order valence-electron chi connectivity index (χ0n) is 8.20. The third-order valence-electron chi connectivity index (χ3n) is 2.21. The first-order chi connectivity index (χ1) is 7.18. The quantitative estimate of drug-likeness (QED) is 0.588. The van der Waals surface area contributed by atoms with Crippen LogP contribution in [0.5, 0.6) is 0 Å². The van der Waals surface area contributed by atoms with Gasteiger partial charge in [0, 0.05) is 0 Å². The molecule has 0 aromatic rings. The lowest BCUT2D eigenvalue weighted by Gasteiger charge is -2.35. The average Bonchev–Trinajstić information content (AvgIpc) is 2.00. The van der Waals surface area contributed by atoms with Gasteiger partial charge < -0.3 is 15.9 Å². The van der Waals surface area contributed by atoms with Gasteiger partial charge in [-0.1, -0.05) is 0 Å². The summed E-state index contributed by atoms with van der Waals surface area (Å²) in [6, 6.07) is 0. The Balaban J connectivity index is 0.000000325. The van der Waals surface area contributed by atoms with Gasteiger partial charge in [-0.15, -0.1) is 0 Å². The predicted molar refractivity (Wildman–Crippen MR) is 46.6 cm³/mol. The van der Waals surface area contributed by atoms with Crippen molar-refractivity contribution in [2.75, 3.05) is 6.54 Å². The zero-order chi connectivity index (χ0) is 12.9. The fourth-order valence-electron chi connectivity index (χ4n) is 1.20. The molecule has 0 bridgehead atoms. The van der Waals surface area contributed by atoms with Crippen LogP contribution in [0.3, 0.4) is 0 Å². The Morgan fingerprint density at radius 1 is 1.19 bits per heavy atom. The number of carboxylic acid groups (broad SMARTS) is 2. The maximum atomic E-state index is 11.8. The van der Waals surface area contributed by atoms with Crippen LogP contribution in [-0.2, 0) is 9.59 Å². The van der Waals surface area contributed by atoms with Crippen molar-refractivity contribution in [1.29, 1.82) is 0 Å². The molecule has 0 heterocycles. The van der Waals surface area contributed by atoms with E-state index in [2.05, 4.69) is 0 Å². The molecule has 0 aromatic heterocycles. The smallest absolute Gasteiger partial charge is 0.414 e. The first kappa shape index (κ1) is 14.7. The van der Waals surface area contributed by atoms with Gasteiger partial charge in [-0.3, -0.25) is 0 Å². The highest BCUT2D eigenvalue weighted by atomic mass is 19.4. The zero-order valence-corrected chi connectivity index (χ0v) is 8.20. The van der Waals surface area contributed by atoms with Crippen LogP contribution in [0, 0.1) is 11.8 Å². The van der Waals surface area contributed by atoms with Gasteiger partial charge in [0.1, 0.15) is 0 Å². The highest BCUT2D eigenvalue weighted by Crippen LogP contribution is 2.43. The van der Waals surface area contributed by atoms with E-state index in [1.165, 1.54) is 0 Å². The standard InChI is InChI=1S/C6H10F3N.C2H2O4/c7-6(8,9)5-1-4(2-5)3-10;3-1(4)2(5)6/h4-5H,1-3,10H2;(H,3,4)(H,5,6)/t4-,5-;. The molecule has 0 amide bonds. The second kappa shape index (κ2) is 5.69. The van der Waals surface area contributed by atoms with E-state index in [0.29, 0.717) is 6.54 Å². The van der Waals surface area contributed by atoms with Crippen LogP contribution in [0.2, 0.25) is 0 Å². The van der Waals surface area contributed by atoms with Gasteiger partial charge in [0.25, 0.3) is 0 Å². The minimum Gasteiger partial charge on any atom is -0.473 e. The second-order valence-corrected chi connectivity index (χ2v) is 3.42. The van der Waals surface area contributed by atoms with Crippen molar-refractivity contribution in [3.05, 3.63) is 0 Å². The summed E-state index contributed by atoms with van der Waals surface area (Å²) in [4.78, 5) is 18.2. The molecular formula is C8H12F3NO4. The summed E-state index contributed by atoms with van der Waals surface area (Å²) < 4.78 is 35.3. The van der Waals surface area contributed by atoms with Gasteiger partial charge in [0.15, 0.2) is 0 Å². The minimum absolute atomic E-state index is 0.117. The van der Waals surface area contributed by atoms with Crippen molar-refractivity contribution in [3.63, 3.8) is 0 Å². The molecule has 1 fully saturated rings. The van der Waals surface area contributed by atoms with E-state index < -0.39 is 24.0 Å². The molecule has 0 spiro atoms. The molecule has 16 heavy (non-hydrogen) atoms. The molecule has 0 aliphatic heterocycles. The molecule has 1 aliphatic rings. The number of carboxylic acids is 2. The maximum Gasteiger partial charge on any atom is 0.414 e. The number of alkyl halides is 3. The second-order valence-electron chi connectivity index (χ2n) is 3.42. The van der Waals surface area contributed by atoms with Crippen molar-refractivity contribution < 1.29 is 33.0 Å². The van der Waals surface area contributed by atoms with Crippen molar-refractivity contribution in [2.24, 2.45) is 17.6 Å². The number of hydrogen-bond acceptors (Lipinski definition) is 3. The number of rotatable bonds is 1. The number of nitrogens with two attached hydrogens (primary N) is 1. The summed E-state index contributed by atoms with van der Waals surface area (Å²) in [5.74, 6) is -4.60. The number of carbonyl (C=O) groups is 2. The Hall–Kier alpha value is -1.31. The minimum atomic E-state index is -3.98. The molecule has 0 atom stereocenters. The van der Waals surface area contributed by atoms with Crippen molar-refractivity contribution in [1.82, 2.24) is 0 Å². The molecule has 5 nitrogen and oxygen atoms in total. The monoisotopic (exact) mass is 243 g/mol. The van der Waals surface area contributed by atoms with E-state index in [1.807, 2.05) is 0 Å². The average molecular weight is 243 g/mol. The molecule has 8 heteroatoms. The van der Waals surface area contributed by atoms with Crippen LogP contribution in [0.4, 0.5) is 13.2 Å². The Morgan fingerprint density at radius 3 is 1.75 bits per heavy atom. The van der Waals surface area contributed by atoms with Gasteiger partial charge >= 0.3 is 18.1 Å². The van der Waals surface area contributed by atoms with E-state index in [0.717, 1.165) is 0 Å². The Kier molecular flexibility index (Phi) is 5.22. The summed E-state index contributed by atoms with van der Waals surface area (Å²) in [6.45, 7) is 0.395. The predicted octanol–water partition coefficient (Wildman–Crippen LogP) is 0.689. The Bertz CT molecular complexity index is 248. The van der Waals surface area contributed by atoms with Crippen molar-refractivity contribution >= 4 is 11.9 Å². The van der Waals surface area contributed by atoms with Gasteiger partial charge in [-0.2, -0.15) is 13.2 Å². The fourth-order valence-corrected chi connectivity index (χ4v) is 1.20. The van der Waals surface area contributed by atoms with Crippen molar-refractivity contribution in [3.8, 4) is 0 Å². The van der Waals surface area contributed by atoms with Gasteiger partial charge in [-0.05, 0) is 25.3 Å². The summed E-state index contributed by atoms with van der Waals surface area (Å²) in [7, 11) is 0. The molecule has 0 unspecified atom stereocenters. The van der Waals surface area contributed by atoms with Gasteiger partial charge in [-0.25, -0.2) is 9.59 Å². The van der Waals surface area contributed by atoms with Gasteiger partial charge in [0.05, 0.1) is 5.92 Å². The third kappa shape index (κ3) is 4.96. The fraction of sp³-hybridized carbons (Fsp3) is 0.750. The first-order valence-electron chi connectivity index (χ1n) is 4.41. The van der Waals surface area contributed by atoms with Crippen LogP contribution in [0.25, 0.3) is 0 Å². The van der Waals surface area contributed by atoms with Crippen LogP contribution in [0.1, 0.15) is 12.8 Å². The molecule has 94 valence electrons. The first-order valence-corrected chi connectivity index (χ1v) is 4.41. The Labute approximate surface area is 89.0 Å². The number of hydrogen-bond donors (Lipinski definition) is 3. The normalized spacial score (nSPS) is 23.8. The molecule has 1 rings (SSSR count). The van der Waals surface area contributed by atoms with E-state index >= 15 is 0 Å². The Morgan fingerprint density at radius 2 is 1.56 bits per heavy atom. The molecule has 1 saturated carbocycles. The molecule has 0 aromatic carbocycles. The van der Waals surface area contributed by atoms with E-state index in [4.69, 9.17) is 25.5 Å².